The van der Waals surface area contributed by atoms with Crippen molar-refractivity contribution in [2.75, 3.05) is 26.7 Å². The second-order valence-corrected chi connectivity index (χ2v) is 7.71. The lowest BCUT2D eigenvalue weighted by molar-refractivity contribution is 0.215. The molecule has 3 aromatic rings. The van der Waals surface area contributed by atoms with E-state index in [1.807, 2.05) is 25.1 Å². The van der Waals surface area contributed by atoms with Crippen LogP contribution < -0.4 is 10.6 Å². The summed E-state index contributed by atoms with van der Waals surface area (Å²) in [5.74, 6) is 2.09. The smallest absolute Gasteiger partial charge is 0.191 e. The summed E-state index contributed by atoms with van der Waals surface area (Å²) in [6.45, 7) is 5.14. The summed E-state index contributed by atoms with van der Waals surface area (Å²) >= 11 is 0. The van der Waals surface area contributed by atoms with E-state index in [1.54, 1.807) is 42.4 Å². The van der Waals surface area contributed by atoms with Crippen LogP contribution in [0.5, 0.6) is 0 Å². The maximum atomic E-state index is 14.6. The Balaban J connectivity index is 0.00000289. The molecule has 0 spiro atoms. The predicted octanol–water partition coefficient (Wildman–Crippen LogP) is 4.03. The third-order valence-electron chi connectivity index (χ3n) is 5.70. The van der Waals surface area contributed by atoms with Gasteiger partial charge in [0.25, 0.3) is 0 Å². The van der Waals surface area contributed by atoms with Crippen molar-refractivity contribution in [2.24, 2.45) is 4.99 Å². The van der Waals surface area contributed by atoms with Crippen LogP contribution in [0.15, 0.2) is 58.4 Å². The van der Waals surface area contributed by atoms with E-state index in [0.717, 1.165) is 30.2 Å². The highest BCUT2D eigenvalue weighted by atomic mass is 127. The molecule has 0 amide bonds. The SMILES string of the molecule is CN=C(NCc1ccc(-n2ccnc2C)c(F)c1)NCC(c1ccco1)N1CCCC1.I. The summed E-state index contributed by atoms with van der Waals surface area (Å²) in [6.07, 6.45) is 7.56. The molecule has 7 nitrogen and oxygen atoms in total. The number of imidazole rings is 1. The summed E-state index contributed by atoms with van der Waals surface area (Å²) in [7, 11) is 1.73. The van der Waals surface area contributed by atoms with Crippen molar-refractivity contribution in [3.05, 3.63) is 72.0 Å². The number of nitrogens with one attached hydrogen (secondary N) is 2. The first-order valence-corrected chi connectivity index (χ1v) is 10.7. The summed E-state index contributed by atoms with van der Waals surface area (Å²) in [5.41, 5.74) is 1.33. The largest absolute Gasteiger partial charge is 0.468 e. The zero-order valence-electron chi connectivity index (χ0n) is 18.4. The molecule has 1 aromatic carbocycles. The van der Waals surface area contributed by atoms with Crippen LogP contribution in [0.2, 0.25) is 0 Å². The van der Waals surface area contributed by atoms with Crippen LogP contribution in [-0.4, -0.2) is 47.1 Å². The average Bonchev–Trinajstić information content (AvgIpc) is 3.54. The van der Waals surface area contributed by atoms with E-state index in [-0.39, 0.29) is 35.8 Å². The zero-order chi connectivity index (χ0) is 21.6. The van der Waals surface area contributed by atoms with Gasteiger partial charge in [-0.2, -0.15) is 0 Å². The van der Waals surface area contributed by atoms with Crippen molar-refractivity contribution in [1.82, 2.24) is 25.1 Å². The number of rotatable bonds is 7. The molecule has 1 fully saturated rings. The molecule has 9 heteroatoms. The number of aromatic nitrogens is 2. The van der Waals surface area contributed by atoms with Crippen LogP contribution in [-0.2, 0) is 6.54 Å². The molecular formula is C23H30FIN6O. The molecule has 1 unspecified atom stereocenters. The lowest BCUT2D eigenvalue weighted by atomic mass is 10.2. The quantitative estimate of drug-likeness (QED) is 0.263. The number of aliphatic imine (C=N–C) groups is 1. The standard InChI is InChI=1S/C23H29FN6O.HI/c1-17-26-9-12-30(17)20-8-7-18(14-19(20)24)15-27-23(25-2)28-16-21(22-6-5-13-31-22)29-10-3-4-11-29;/h5-9,12-14,21H,3-4,10-11,15-16H2,1-2H3,(H2,25,27,28);1H. The first kappa shape index (κ1) is 24.2. The van der Waals surface area contributed by atoms with Crippen molar-refractivity contribution >= 4 is 29.9 Å². The van der Waals surface area contributed by atoms with E-state index in [4.69, 9.17) is 4.42 Å². The maximum absolute atomic E-state index is 14.6. The Morgan fingerprint density at radius 2 is 2.06 bits per heavy atom. The number of hydrogen-bond donors (Lipinski definition) is 2. The van der Waals surface area contributed by atoms with Crippen molar-refractivity contribution in [2.45, 2.75) is 32.4 Å². The summed E-state index contributed by atoms with van der Waals surface area (Å²) in [4.78, 5) is 10.9. The second-order valence-electron chi connectivity index (χ2n) is 7.71. The number of likely N-dealkylation sites (tertiary alicyclic amines) is 1. The lowest BCUT2D eigenvalue weighted by Crippen LogP contribution is -2.42. The fourth-order valence-corrected chi connectivity index (χ4v) is 4.03. The van der Waals surface area contributed by atoms with Gasteiger partial charge >= 0.3 is 0 Å². The van der Waals surface area contributed by atoms with Gasteiger partial charge in [-0.1, -0.05) is 6.07 Å². The summed E-state index contributed by atoms with van der Waals surface area (Å²) in [5, 5.41) is 6.67. The number of benzene rings is 1. The van der Waals surface area contributed by atoms with Gasteiger partial charge in [-0.15, -0.1) is 24.0 Å². The first-order valence-electron chi connectivity index (χ1n) is 10.7. The predicted molar refractivity (Wildman–Crippen MR) is 134 cm³/mol. The number of hydrogen-bond acceptors (Lipinski definition) is 4. The van der Waals surface area contributed by atoms with Crippen LogP contribution in [0.1, 0.15) is 36.0 Å². The van der Waals surface area contributed by atoms with Crippen LogP contribution in [0.25, 0.3) is 5.69 Å². The lowest BCUT2D eigenvalue weighted by Gasteiger charge is -2.26. The van der Waals surface area contributed by atoms with E-state index in [2.05, 4.69) is 25.5 Å². The number of guanidine groups is 1. The molecule has 0 saturated carbocycles. The molecule has 4 rings (SSSR count). The minimum Gasteiger partial charge on any atom is -0.468 e. The maximum Gasteiger partial charge on any atom is 0.191 e. The van der Waals surface area contributed by atoms with Crippen LogP contribution in [0, 0.1) is 12.7 Å². The van der Waals surface area contributed by atoms with Gasteiger partial charge in [0.2, 0.25) is 0 Å². The van der Waals surface area contributed by atoms with Gasteiger partial charge in [0.05, 0.1) is 18.0 Å². The topological polar surface area (TPSA) is 70.6 Å². The molecular weight excluding hydrogens is 522 g/mol. The molecule has 0 aliphatic carbocycles. The highest BCUT2D eigenvalue weighted by molar-refractivity contribution is 14.0. The molecule has 1 saturated heterocycles. The fourth-order valence-electron chi connectivity index (χ4n) is 4.03. The van der Waals surface area contributed by atoms with E-state index in [1.165, 1.54) is 12.8 Å². The monoisotopic (exact) mass is 552 g/mol. The highest BCUT2D eigenvalue weighted by Crippen LogP contribution is 2.24. The van der Waals surface area contributed by atoms with Crippen molar-refractivity contribution < 1.29 is 8.81 Å². The van der Waals surface area contributed by atoms with Crippen LogP contribution in [0.3, 0.4) is 0 Å². The molecule has 1 atom stereocenters. The Labute approximate surface area is 205 Å². The number of halogens is 2. The van der Waals surface area contributed by atoms with Crippen LogP contribution in [0.4, 0.5) is 4.39 Å². The Morgan fingerprint density at radius 3 is 2.69 bits per heavy atom. The van der Waals surface area contributed by atoms with Crippen LogP contribution >= 0.6 is 24.0 Å². The van der Waals surface area contributed by atoms with E-state index < -0.39 is 0 Å². The fraction of sp³-hybridized carbons (Fsp3) is 0.391. The van der Waals surface area contributed by atoms with Crippen molar-refractivity contribution in [1.29, 1.82) is 0 Å². The zero-order valence-corrected chi connectivity index (χ0v) is 20.8. The molecule has 172 valence electrons. The Morgan fingerprint density at radius 1 is 1.25 bits per heavy atom. The van der Waals surface area contributed by atoms with Crippen molar-refractivity contribution in [3.8, 4) is 5.69 Å². The molecule has 0 radical (unpaired) electrons. The van der Waals surface area contributed by atoms with Gasteiger partial charge in [-0.05, 0) is 62.7 Å². The van der Waals surface area contributed by atoms with Gasteiger partial charge in [-0.25, -0.2) is 9.37 Å². The van der Waals surface area contributed by atoms with Crippen molar-refractivity contribution in [3.63, 3.8) is 0 Å². The molecule has 3 heterocycles. The molecule has 32 heavy (non-hydrogen) atoms. The molecule has 1 aliphatic rings. The molecule has 0 bridgehead atoms. The minimum absolute atomic E-state index is 0. The Hall–Kier alpha value is -2.40. The normalized spacial score (nSPS) is 15.4. The average molecular weight is 552 g/mol. The Bertz CT molecular complexity index is 1010. The summed E-state index contributed by atoms with van der Waals surface area (Å²) < 4.78 is 22.1. The van der Waals surface area contributed by atoms with Gasteiger partial charge in [-0.3, -0.25) is 9.89 Å². The number of nitrogens with zero attached hydrogens (tertiary/aromatic N) is 4. The number of aryl methyl sites for hydroxylation is 1. The van der Waals surface area contributed by atoms with Gasteiger partial charge in [0.1, 0.15) is 17.4 Å². The molecule has 1 aliphatic heterocycles. The molecule has 2 aromatic heterocycles. The van der Waals surface area contributed by atoms with Gasteiger partial charge in [0, 0.05) is 32.5 Å². The molecule has 2 N–H and O–H groups in total. The second kappa shape index (κ2) is 11.5. The summed E-state index contributed by atoms with van der Waals surface area (Å²) in [6, 6.07) is 9.34. The highest BCUT2D eigenvalue weighted by Gasteiger charge is 2.25. The van der Waals surface area contributed by atoms with Gasteiger partial charge in [0.15, 0.2) is 5.96 Å². The van der Waals surface area contributed by atoms with E-state index in [0.29, 0.717) is 24.7 Å². The Kier molecular flexibility index (Phi) is 8.68. The minimum atomic E-state index is -0.282. The van der Waals surface area contributed by atoms with E-state index in [9.17, 15) is 4.39 Å². The third-order valence-corrected chi connectivity index (χ3v) is 5.70. The third kappa shape index (κ3) is 5.69. The first-order chi connectivity index (χ1) is 15.2. The van der Waals surface area contributed by atoms with Gasteiger partial charge < -0.3 is 19.6 Å². The number of furan rings is 1. The van der Waals surface area contributed by atoms with E-state index >= 15 is 0 Å².